The van der Waals surface area contributed by atoms with Crippen molar-refractivity contribution in [3.63, 3.8) is 0 Å². The van der Waals surface area contributed by atoms with E-state index in [9.17, 15) is 0 Å². The molecule has 0 bridgehead atoms. The molecule has 92 valence electrons. The summed E-state index contributed by atoms with van der Waals surface area (Å²) in [4.78, 5) is 0. The fourth-order valence-electron chi connectivity index (χ4n) is 1.70. The molecule has 1 N–H and O–H groups in total. The number of ether oxygens (including phenoxy) is 1. The van der Waals surface area contributed by atoms with Crippen molar-refractivity contribution in [2.45, 2.75) is 72.1 Å². The van der Waals surface area contributed by atoms with Gasteiger partial charge >= 0.3 is 0 Å². The van der Waals surface area contributed by atoms with Crippen LogP contribution in [0.15, 0.2) is 0 Å². The number of methoxy groups -OCH3 is 1. The topological polar surface area (TPSA) is 21.3 Å². The Morgan fingerprint density at radius 3 is 2.07 bits per heavy atom. The van der Waals surface area contributed by atoms with Gasteiger partial charge in [0.1, 0.15) is 0 Å². The number of rotatable bonds is 8. The second kappa shape index (κ2) is 8.12. The molecule has 0 radical (unpaired) electrons. The molecule has 0 aromatic rings. The third-order valence-electron chi connectivity index (χ3n) is 3.04. The predicted molar refractivity (Wildman–Crippen MR) is 67.2 cm³/mol. The molecular weight excluding hydrogens is 186 g/mol. The quantitative estimate of drug-likeness (QED) is 0.671. The van der Waals surface area contributed by atoms with Crippen molar-refractivity contribution in [3.8, 4) is 0 Å². The first kappa shape index (κ1) is 14.9. The molecule has 0 saturated carbocycles. The molecule has 0 spiro atoms. The highest BCUT2D eigenvalue weighted by Crippen LogP contribution is 2.09. The lowest BCUT2D eigenvalue weighted by atomic mass is 10.0. The molecule has 2 nitrogen and oxygen atoms in total. The van der Waals surface area contributed by atoms with Gasteiger partial charge in [0.05, 0.1) is 6.10 Å². The van der Waals surface area contributed by atoms with Gasteiger partial charge in [0, 0.05) is 19.2 Å². The van der Waals surface area contributed by atoms with E-state index < -0.39 is 0 Å². The van der Waals surface area contributed by atoms with Gasteiger partial charge in [-0.2, -0.15) is 0 Å². The molecule has 0 aromatic heterocycles. The van der Waals surface area contributed by atoms with Gasteiger partial charge in [-0.1, -0.05) is 26.7 Å². The highest BCUT2D eigenvalue weighted by Gasteiger charge is 2.13. The van der Waals surface area contributed by atoms with Gasteiger partial charge in [0.15, 0.2) is 0 Å². The first-order valence-corrected chi connectivity index (χ1v) is 6.26. The maximum absolute atomic E-state index is 5.29. The second-order valence-electron chi connectivity index (χ2n) is 5.12. The van der Waals surface area contributed by atoms with E-state index in [4.69, 9.17) is 4.74 Å². The zero-order valence-corrected chi connectivity index (χ0v) is 11.3. The molecule has 0 aromatic carbocycles. The van der Waals surface area contributed by atoms with Crippen molar-refractivity contribution < 1.29 is 4.74 Å². The average Bonchev–Trinajstić information content (AvgIpc) is 2.15. The SMILES string of the molecule is COC(C)C(C)NC(C)CCCC(C)C. The standard InChI is InChI=1S/C13H29NO/c1-10(2)8-7-9-11(3)14-12(4)13(5)15-6/h10-14H,7-9H2,1-6H3. The van der Waals surface area contributed by atoms with Crippen molar-refractivity contribution in [1.82, 2.24) is 5.32 Å². The Balaban J connectivity index is 3.59. The lowest BCUT2D eigenvalue weighted by Crippen LogP contribution is -2.41. The summed E-state index contributed by atoms with van der Waals surface area (Å²) in [7, 11) is 1.77. The first-order valence-electron chi connectivity index (χ1n) is 6.26. The normalized spacial score (nSPS) is 17.8. The zero-order valence-electron chi connectivity index (χ0n) is 11.3. The summed E-state index contributed by atoms with van der Waals surface area (Å²) in [5.74, 6) is 0.826. The Labute approximate surface area is 95.8 Å². The third-order valence-corrected chi connectivity index (χ3v) is 3.04. The van der Waals surface area contributed by atoms with Crippen LogP contribution in [0.25, 0.3) is 0 Å². The zero-order chi connectivity index (χ0) is 11.8. The Kier molecular flexibility index (Phi) is 8.07. The van der Waals surface area contributed by atoms with Crippen molar-refractivity contribution in [1.29, 1.82) is 0 Å². The Bertz CT molecular complexity index is 147. The van der Waals surface area contributed by atoms with Crippen LogP contribution in [0.3, 0.4) is 0 Å². The summed E-state index contributed by atoms with van der Waals surface area (Å²) in [6.07, 6.45) is 4.21. The van der Waals surface area contributed by atoms with Crippen LogP contribution in [0.2, 0.25) is 0 Å². The fraction of sp³-hybridized carbons (Fsp3) is 1.00. The van der Waals surface area contributed by atoms with Crippen LogP contribution in [0.4, 0.5) is 0 Å². The molecule has 3 unspecified atom stereocenters. The maximum Gasteiger partial charge on any atom is 0.0693 e. The summed E-state index contributed by atoms with van der Waals surface area (Å²) in [6, 6.07) is 1.03. The molecule has 0 saturated heterocycles. The summed E-state index contributed by atoms with van der Waals surface area (Å²) >= 11 is 0. The van der Waals surface area contributed by atoms with E-state index in [1.54, 1.807) is 7.11 Å². The fourth-order valence-corrected chi connectivity index (χ4v) is 1.70. The summed E-state index contributed by atoms with van der Waals surface area (Å²) < 4.78 is 5.29. The smallest absolute Gasteiger partial charge is 0.0693 e. The van der Waals surface area contributed by atoms with E-state index in [0.717, 1.165) is 5.92 Å². The van der Waals surface area contributed by atoms with E-state index in [1.165, 1.54) is 19.3 Å². The number of hydrogen-bond donors (Lipinski definition) is 1. The summed E-state index contributed by atoms with van der Waals surface area (Å²) in [5.41, 5.74) is 0. The van der Waals surface area contributed by atoms with Gasteiger partial charge < -0.3 is 10.1 Å². The molecule has 0 aliphatic carbocycles. The van der Waals surface area contributed by atoms with Gasteiger partial charge in [0.25, 0.3) is 0 Å². The monoisotopic (exact) mass is 215 g/mol. The lowest BCUT2D eigenvalue weighted by Gasteiger charge is -2.24. The van der Waals surface area contributed by atoms with E-state index in [1.807, 2.05) is 0 Å². The Morgan fingerprint density at radius 1 is 1.00 bits per heavy atom. The largest absolute Gasteiger partial charge is 0.380 e. The first-order chi connectivity index (χ1) is 6.97. The molecule has 0 amide bonds. The molecule has 0 fully saturated rings. The lowest BCUT2D eigenvalue weighted by molar-refractivity contribution is 0.0846. The van der Waals surface area contributed by atoms with Crippen LogP contribution in [0.5, 0.6) is 0 Å². The number of nitrogens with one attached hydrogen (secondary N) is 1. The predicted octanol–water partition coefficient (Wildman–Crippen LogP) is 3.21. The van der Waals surface area contributed by atoms with Crippen molar-refractivity contribution in [3.05, 3.63) is 0 Å². The van der Waals surface area contributed by atoms with Gasteiger partial charge in [-0.15, -0.1) is 0 Å². The minimum Gasteiger partial charge on any atom is -0.380 e. The van der Waals surface area contributed by atoms with E-state index in [-0.39, 0.29) is 6.10 Å². The Morgan fingerprint density at radius 2 is 1.60 bits per heavy atom. The molecule has 0 aliphatic rings. The van der Waals surface area contributed by atoms with Crippen molar-refractivity contribution in [2.24, 2.45) is 5.92 Å². The van der Waals surface area contributed by atoms with Gasteiger partial charge in [0.2, 0.25) is 0 Å². The van der Waals surface area contributed by atoms with Crippen molar-refractivity contribution >= 4 is 0 Å². The average molecular weight is 215 g/mol. The minimum absolute atomic E-state index is 0.289. The molecule has 0 aliphatic heterocycles. The van der Waals surface area contributed by atoms with Gasteiger partial charge in [-0.25, -0.2) is 0 Å². The molecule has 3 atom stereocenters. The van der Waals surface area contributed by atoms with Gasteiger partial charge in [-0.3, -0.25) is 0 Å². The van der Waals surface area contributed by atoms with Crippen LogP contribution in [-0.2, 0) is 4.74 Å². The van der Waals surface area contributed by atoms with Crippen LogP contribution in [-0.4, -0.2) is 25.3 Å². The van der Waals surface area contributed by atoms with Crippen LogP contribution < -0.4 is 5.32 Å². The minimum atomic E-state index is 0.289. The molecular formula is C13H29NO. The van der Waals surface area contributed by atoms with Crippen LogP contribution >= 0.6 is 0 Å². The molecule has 0 rings (SSSR count). The third kappa shape index (κ3) is 7.80. The van der Waals surface area contributed by atoms with E-state index in [0.29, 0.717) is 12.1 Å². The second-order valence-corrected chi connectivity index (χ2v) is 5.12. The molecule has 2 heteroatoms. The maximum atomic E-state index is 5.29. The summed E-state index contributed by atoms with van der Waals surface area (Å²) in [6.45, 7) is 11.1. The Hall–Kier alpha value is -0.0800. The summed E-state index contributed by atoms with van der Waals surface area (Å²) in [5, 5.41) is 3.58. The van der Waals surface area contributed by atoms with Gasteiger partial charge in [-0.05, 0) is 33.1 Å². The van der Waals surface area contributed by atoms with Crippen LogP contribution in [0.1, 0.15) is 53.9 Å². The molecule has 15 heavy (non-hydrogen) atoms. The van der Waals surface area contributed by atoms with Crippen molar-refractivity contribution in [2.75, 3.05) is 7.11 Å². The number of hydrogen-bond acceptors (Lipinski definition) is 2. The van der Waals surface area contributed by atoms with E-state index >= 15 is 0 Å². The highest BCUT2D eigenvalue weighted by atomic mass is 16.5. The highest BCUT2D eigenvalue weighted by molar-refractivity contribution is 4.72. The van der Waals surface area contributed by atoms with E-state index in [2.05, 4.69) is 39.9 Å². The molecule has 0 heterocycles. The van der Waals surface area contributed by atoms with Crippen LogP contribution in [0, 0.1) is 5.92 Å².